The summed E-state index contributed by atoms with van der Waals surface area (Å²) in [4.78, 5) is 24.8. The van der Waals surface area contributed by atoms with Crippen LogP contribution < -0.4 is 11.0 Å². The summed E-state index contributed by atoms with van der Waals surface area (Å²) in [6, 6.07) is 18.3. The average Bonchev–Trinajstić information content (AvgIpc) is 3.57. The SMILES string of the molecule is CCNCCCn1cc(-c2c(C#N)[nH]c(=O)n2-c2cn(C)c3ccccc23)c2ccccc21.O=C(O)C(F)(F)F. The lowest BCUT2D eigenvalue weighted by molar-refractivity contribution is -0.192. The fraction of sp³-hybridized carbons (Fsp3) is 0.250. The predicted molar refractivity (Wildman–Crippen MR) is 145 cm³/mol. The average molecular weight is 553 g/mol. The highest BCUT2D eigenvalue weighted by molar-refractivity contribution is 5.98. The van der Waals surface area contributed by atoms with Crippen LogP contribution in [0.5, 0.6) is 0 Å². The maximum absolute atomic E-state index is 13.2. The van der Waals surface area contributed by atoms with E-state index in [1.54, 1.807) is 4.57 Å². The number of aromatic nitrogens is 4. The number of carboxylic acids is 1. The van der Waals surface area contributed by atoms with Crippen LogP contribution in [0.4, 0.5) is 13.2 Å². The predicted octanol–water partition coefficient (Wildman–Crippen LogP) is 4.78. The smallest absolute Gasteiger partial charge is 0.475 e. The first-order valence-electron chi connectivity index (χ1n) is 12.5. The van der Waals surface area contributed by atoms with E-state index in [4.69, 9.17) is 9.90 Å². The number of halogens is 3. The highest BCUT2D eigenvalue weighted by Crippen LogP contribution is 2.35. The van der Waals surface area contributed by atoms with Crippen LogP contribution in [0.2, 0.25) is 0 Å². The Labute approximate surface area is 226 Å². The van der Waals surface area contributed by atoms with Crippen LogP contribution in [0.15, 0.2) is 65.7 Å². The van der Waals surface area contributed by atoms with Crippen molar-refractivity contribution in [2.75, 3.05) is 13.1 Å². The zero-order valence-corrected chi connectivity index (χ0v) is 21.8. The molecule has 40 heavy (non-hydrogen) atoms. The minimum Gasteiger partial charge on any atom is -0.475 e. The van der Waals surface area contributed by atoms with Gasteiger partial charge in [-0.3, -0.25) is 9.55 Å². The number of fused-ring (bicyclic) bond motifs is 2. The number of alkyl halides is 3. The summed E-state index contributed by atoms with van der Waals surface area (Å²) in [5.74, 6) is -2.76. The van der Waals surface area contributed by atoms with Gasteiger partial charge in [-0.1, -0.05) is 43.3 Å². The van der Waals surface area contributed by atoms with Crippen molar-refractivity contribution >= 4 is 27.8 Å². The first kappa shape index (κ1) is 28.3. The van der Waals surface area contributed by atoms with Crippen molar-refractivity contribution < 1.29 is 23.1 Å². The largest absolute Gasteiger partial charge is 0.490 e. The number of hydrogen-bond acceptors (Lipinski definition) is 4. The highest BCUT2D eigenvalue weighted by atomic mass is 19.4. The van der Waals surface area contributed by atoms with Crippen LogP contribution in [-0.4, -0.2) is 49.0 Å². The van der Waals surface area contributed by atoms with Crippen molar-refractivity contribution in [1.82, 2.24) is 24.0 Å². The van der Waals surface area contributed by atoms with Crippen LogP contribution >= 0.6 is 0 Å². The summed E-state index contributed by atoms with van der Waals surface area (Å²) >= 11 is 0. The second-order valence-corrected chi connectivity index (χ2v) is 9.01. The number of carbonyl (C=O) groups is 1. The number of benzene rings is 2. The molecule has 0 atom stereocenters. The van der Waals surface area contributed by atoms with Crippen molar-refractivity contribution in [1.29, 1.82) is 5.26 Å². The summed E-state index contributed by atoms with van der Waals surface area (Å²) in [5, 5.41) is 22.4. The topological polar surface area (TPSA) is 121 Å². The van der Waals surface area contributed by atoms with Gasteiger partial charge in [-0.25, -0.2) is 9.59 Å². The molecule has 9 nitrogen and oxygen atoms in total. The quantitative estimate of drug-likeness (QED) is 0.251. The standard InChI is InChI=1S/C26H26N6O.C2HF3O2/c1-3-28-13-8-14-31-16-20(18-9-4-7-12-23(18)31)25-21(15-27)29-26(33)32(25)24-17-30(2)22-11-6-5-10-19(22)24;3-2(4,5)1(6)7/h4-7,9-12,16-17,28H,3,8,13-14H2,1-2H3,(H,29,33);(H,6,7). The number of nitrogens with zero attached hydrogens (tertiary/aromatic N) is 4. The summed E-state index contributed by atoms with van der Waals surface area (Å²) in [6.45, 7) is 4.83. The molecule has 0 saturated heterocycles. The molecule has 0 aliphatic heterocycles. The molecule has 0 aliphatic rings. The monoisotopic (exact) mass is 552 g/mol. The Morgan fingerprint density at radius 2 is 1.70 bits per heavy atom. The number of nitriles is 1. The van der Waals surface area contributed by atoms with Gasteiger partial charge in [0, 0.05) is 53.4 Å². The molecule has 0 aliphatic carbocycles. The first-order valence-corrected chi connectivity index (χ1v) is 12.5. The van der Waals surface area contributed by atoms with Gasteiger partial charge >= 0.3 is 17.8 Å². The van der Waals surface area contributed by atoms with Crippen molar-refractivity contribution in [2.24, 2.45) is 7.05 Å². The number of carboxylic acid groups (broad SMARTS) is 1. The van der Waals surface area contributed by atoms with E-state index >= 15 is 0 Å². The summed E-state index contributed by atoms with van der Waals surface area (Å²) in [6.07, 6.45) is -0.0812. The van der Waals surface area contributed by atoms with Gasteiger partial charge < -0.3 is 19.6 Å². The van der Waals surface area contributed by atoms with E-state index in [2.05, 4.69) is 46.2 Å². The third-order valence-corrected chi connectivity index (χ3v) is 6.41. The molecule has 0 fully saturated rings. The van der Waals surface area contributed by atoms with Crippen LogP contribution in [0.25, 0.3) is 38.8 Å². The summed E-state index contributed by atoms with van der Waals surface area (Å²) in [5.41, 5.74) is 4.29. The molecule has 3 aromatic heterocycles. The van der Waals surface area contributed by atoms with Crippen LogP contribution in [0.1, 0.15) is 19.0 Å². The summed E-state index contributed by atoms with van der Waals surface area (Å²) < 4.78 is 37.6. The number of rotatable bonds is 7. The summed E-state index contributed by atoms with van der Waals surface area (Å²) in [7, 11) is 1.96. The van der Waals surface area contributed by atoms with Gasteiger partial charge in [-0.2, -0.15) is 18.4 Å². The van der Waals surface area contributed by atoms with Crippen molar-refractivity contribution in [3.63, 3.8) is 0 Å². The molecule has 12 heteroatoms. The lowest BCUT2D eigenvalue weighted by Gasteiger charge is -2.06. The normalized spacial score (nSPS) is 11.4. The molecule has 0 spiro atoms. The minimum absolute atomic E-state index is 0.267. The Morgan fingerprint density at radius 3 is 2.33 bits per heavy atom. The molecule has 0 radical (unpaired) electrons. The molecule has 0 unspecified atom stereocenters. The second-order valence-electron chi connectivity index (χ2n) is 9.01. The third-order valence-electron chi connectivity index (χ3n) is 6.41. The molecule has 5 aromatic rings. The lowest BCUT2D eigenvalue weighted by atomic mass is 10.1. The maximum Gasteiger partial charge on any atom is 0.490 e. The Morgan fingerprint density at radius 1 is 1.07 bits per heavy atom. The van der Waals surface area contributed by atoms with E-state index in [-0.39, 0.29) is 11.4 Å². The molecule has 2 aromatic carbocycles. The number of imidazole rings is 1. The zero-order chi connectivity index (χ0) is 29.0. The fourth-order valence-corrected chi connectivity index (χ4v) is 4.67. The second kappa shape index (κ2) is 11.5. The van der Waals surface area contributed by atoms with E-state index in [0.29, 0.717) is 5.69 Å². The van der Waals surface area contributed by atoms with Crippen molar-refractivity contribution in [3.8, 4) is 23.0 Å². The highest BCUT2D eigenvalue weighted by Gasteiger charge is 2.38. The van der Waals surface area contributed by atoms with Gasteiger partial charge in [0.1, 0.15) is 11.8 Å². The van der Waals surface area contributed by atoms with Crippen LogP contribution in [0, 0.1) is 11.3 Å². The van der Waals surface area contributed by atoms with Gasteiger partial charge in [0.25, 0.3) is 0 Å². The van der Waals surface area contributed by atoms with E-state index < -0.39 is 12.1 Å². The molecule has 208 valence electrons. The van der Waals surface area contributed by atoms with Gasteiger partial charge in [0.15, 0.2) is 0 Å². The fourth-order valence-electron chi connectivity index (χ4n) is 4.67. The number of para-hydroxylation sites is 2. The number of aromatic amines is 1. The minimum atomic E-state index is -5.08. The van der Waals surface area contributed by atoms with E-state index in [1.165, 1.54) is 0 Å². The Hall–Kier alpha value is -4.76. The number of hydrogen-bond donors (Lipinski definition) is 3. The molecule has 3 N–H and O–H groups in total. The molecule has 3 heterocycles. The van der Waals surface area contributed by atoms with Gasteiger partial charge in [-0.05, 0) is 31.6 Å². The Kier molecular flexibility index (Phi) is 8.16. The van der Waals surface area contributed by atoms with Gasteiger partial charge in [0.05, 0.1) is 11.4 Å². The molecular formula is C28H27F3N6O3. The number of aryl methyl sites for hydroxylation is 2. The number of nitrogens with one attached hydrogen (secondary N) is 2. The van der Waals surface area contributed by atoms with Crippen molar-refractivity contribution in [3.05, 3.63) is 77.1 Å². The lowest BCUT2D eigenvalue weighted by Crippen LogP contribution is -2.21. The van der Waals surface area contributed by atoms with E-state index in [1.807, 2.05) is 54.2 Å². The molecular weight excluding hydrogens is 525 g/mol. The van der Waals surface area contributed by atoms with Crippen LogP contribution in [0.3, 0.4) is 0 Å². The van der Waals surface area contributed by atoms with Gasteiger partial charge in [-0.15, -0.1) is 0 Å². The zero-order valence-electron chi connectivity index (χ0n) is 21.8. The maximum atomic E-state index is 13.2. The molecule has 0 amide bonds. The van der Waals surface area contributed by atoms with Crippen molar-refractivity contribution in [2.45, 2.75) is 26.1 Å². The van der Waals surface area contributed by atoms with Gasteiger partial charge in [0.2, 0.25) is 0 Å². The molecule has 0 saturated carbocycles. The molecule has 5 rings (SSSR count). The third kappa shape index (κ3) is 5.50. The van der Waals surface area contributed by atoms with E-state index in [9.17, 15) is 23.2 Å². The number of aliphatic carboxylic acids is 1. The van der Waals surface area contributed by atoms with E-state index in [0.717, 1.165) is 59.1 Å². The Balaban J connectivity index is 0.000000470. The number of H-pyrrole nitrogens is 1. The first-order chi connectivity index (χ1) is 19.1. The Bertz CT molecular complexity index is 1770. The molecule has 0 bridgehead atoms. The van der Waals surface area contributed by atoms with Crippen LogP contribution in [-0.2, 0) is 18.4 Å².